The predicted octanol–water partition coefficient (Wildman–Crippen LogP) is 5.63. The summed E-state index contributed by atoms with van der Waals surface area (Å²) in [6.07, 6.45) is -16.1. The van der Waals surface area contributed by atoms with E-state index in [1.54, 1.807) is 6.92 Å². The molecule has 1 amide bonds. The molecule has 0 unspecified atom stereocenters. The minimum Gasteiger partial charge on any atom is -0.381 e. The maximum absolute atomic E-state index is 13.7. The number of ether oxygens (including phenoxy) is 1. The summed E-state index contributed by atoms with van der Waals surface area (Å²) in [6, 6.07) is 4.31. The average Bonchev–Trinajstić information content (AvgIpc) is 2.79. The molecule has 0 aliphatic heterocycles. The fourth-order valence-electron chi connectivity index (χ4n) is 3.26. The number of methoxy groups -OCH3 is 1. The van der Waals surface area contributed by atoms with E-state index >= 15 is 0 Å². The van der Waals surface area contributed by atoms with Gasteiger partial charge >= 0.3 is 18.5 Å². The van der Waals surface area contributed by atoms with Gasteiger partial charge in [-0.05, 0) is 42.3 Å². The number of alkyl halides is 9. The Morgan fingerprint density at radius 1 is 0.946 bits per heavy atom. The van der Waals surface area contributed by atoms with Crippen LogP contribution in [0.1, 0.15) is 35.6 Å². The van der Waals surface area contributed by atoms with Crippen molar-refractivity contribution in [3.8, 4) is 0 Å². The molecule has 0 aliphatic rings. The lowest BCUT2D eigenvalue weighted by molar-refractivity contribution is -0.260. The number of hydrogen-bond donors (Lipinski definition) is 3. The van der Waals surface area contributed by atoms with Crippen molar-refractivity contribution in [1.82, 2.24) is 5.32 Å². The maximum atomic E-state index is 13.7. The molecule has 0 aliphatic carbocycles. The molecular formula is C23H23F9N2O3. The van der Waals surface area contributed by atoms with Crippen LogP contribution in [0, 0.1) is 0 Å². The summed E-state index contributed by atoms with van der Waals surface area (Å²) < 4.78 is 126. The molecule has 0 bridgehead atoms. The van der Waals surface area contributed by atoms with Crippen LogP contribution >= 0.6 is 0 Å². The van der Waals surface area contributed by atoms with Crippen LogP contribution in [0.2, 0.25) is 0 Å². The molecule has 2 rings (SSSR count). The van der Waals surface area contributed by atoms with Crippen molar-refractivity contribution >= 4 is 11.6 Å². The number of carbonyl (C=O) groups excluding carboxylic acids is 1. The smallest absolute Gasteiger partial charge is 0.381 e. The van der Waals surface area contributed by atoms with Crippen molar-refractivity contribution in [2.45, 2.75) is 50.1 Å². The topological polar surface area (TPSA) is 70.6 Å². The first kappa shape index (κ1) is 30.2. The first-order valence-corrected chi connectivity index (χ1v) is 10.6. The molecule has 14 heteroatoms. The fourth-order valence-corrected chi connectivity index (χ4v) is 3.26. The molecule has 0 fully saturated rings. The molecule has 5 nitrogen and oxygen atoms in total. The van der Waals surface area contributed by atoms with Crippen LogP contribution in [-0.2, 0) is 34.0 Å². The minimum atomic E-state index is -5.49. The summed E-state index contributed by atoms with van der Waals surface area (Å²) in [5.41, 5.74) is -8.61. The van der Waals surface area contributed by atoms with Crippen molar-refractivity contribution < 1.29 is 54.2 Å². The average molecular weight is 546 g/mol. The molecule has 2 aromatic rings. The number of anilines is 1. The van der Waals surface area contributed by atoms with Crippen LogP contribution in [0.4, 0.5) is 45.2 Å². The van der Waals surface area contributed by atoms with Gasteiger partial charge in [0.2, 0.25) is 11.5 Å². The largest absolute Gasteiger partial charge is 0.423 e. The summed E-state index contributed by atoms with van der Waals surface area (Å²) in [6.45, 7) is -0.454. The minimum absolute atomic E-state index is 0.118. The summed E-state index contributed by atoms with van der Waals surface area (Å²) in [5.74, 6) is -0.596. The molecule has 206 valence electrons. The quantitative estimate of drug-likeness (QED) is 0.357. The Kier molecular flexibility index (Phi) is 9.13. The third-order valence-electron chi connectivity index (χ3n) is 5.45. The van der Waals surface area contributed by atoms with Gasteiger partial charge in [-0.2, -0.15) is 39.5 Å². The van der Waals surface area contributed by atoms with E-state index in [0.29, 0.717) is 24.3 Å². The molecular weight excluding hydrogens is 523 g/mol. The van der Waals surface area contributed by atoms with E-state index in [1.807, 2.05) is 5.32 Å². The van der Waals surface area contributed by atoms with E-state index in [2.05, 4.69) is 5.32 Å². The van der Waals surface area contributed by atoms with Crippen molar-refractivity contribution in [3.63, 3.8) is 0 Å². The number of nitrogens with one attached hydrogen (secondary N) is 2. The van der Waals surface area contributed by atoms with E-state index in [-0.39, 0.29) is 18.1 Å². The highest BCUT2D eigenvalue weighted by atomic mass is 19.4. The van der Waals surface area contributed by atoms with Crippen molar-refractivity contribution in [2.75, 3.05) is 19.0 Å². The first-order valence-electron chi connectivity index (χ1n) is 10.6. The van der Waals surface area contributed by atoms with Gasteiger partial charge in [-0.25, -0.2) is 0 Å². The molecule has 2 atom stereocenters. The lowest BCUT2D eigenvalue weighted by Gasteiger charge is -2.32. The van der Waals surface area contributed by atoms with Gasteiger partial charge in [-0.1, -0.05) is 18.2 Å². The number of benzene rings is 2. The third-order valence-corrected chi connectivity index (χ3v) is 5.45. The van der Waals surface area contributed by atoms with E-state index < -0.39 is 71.6 Å². The van der Waals surface area contributed by atoms with Crippen molar-refractivity contribution in [3.05, 3.63) is 64.7 Å². The number of halogens is 9. The van der Waals surface area contributed by atoms with Crippen molar-refractivity contribution in [1.29, 1.82) is 0 Å². The molecule has 0 saturated carbocycles. The Labute approximate surface area is 205 Å². The van der Waals surface area contributed by atoms with Crippen molar-refractivity contribution in [2.24, 2.45) is 0 Å². The predicted molar refractivity (Wildman–Crippen MR) is 114 cm³/mol. The van der Waals surface area contributed by atoms with Crippen LogP contribution < -0.4 is 10.6 Å². The molecule has 0 radical (unpaired) electrons. The van der Waals surface area contributed by atoms with Crippen LogP contribution in [0.5, 0.6) is 0 Å². The van der Waals surface area contributed by atoms with E-state index in [0.717, 1.165) is 12.1 Å². The Morgan fingerprint density at radius 2 is 1.57 bits per heavy atom. The Morgan fingerprint density at radius 3 is 2.11 bits per heavy atom. The molecule has 0 aromatic heterocycles. The highest BCUT2D eigenvalue weighted by Gasteiger charge is 2.55. The Bertz CT molecular complexity index is 1080. The highest BCUT2D eigenvalue weighted by Crippen LogP contribution is 2.41. The summed E-state index contributed by atoms with van der Waals surface area (Å²) in [5, 5.41) is 14.7. The summed E-state index contributed by atoms with van der Waals surface area (Å²) in [7, 11) is 1.35. The zero-order chi connectivity index (χ0) is 28.2. The monoisotopic (exact) mass is 546 g/mol. The first-order chi connectivity index (χ1) is 16.9. The normalized spacial score (nSPS) is 15.1. The van der Waals surface area contributed by atoms with Gasteiger partial charge in [0.25, 0.3) is 0 Å². The summed E-state index contributed by atoms with van der Waals surface area (Å²) >= 11 is 0. The second-order valence-electron chi connectivity index (χ2n) is 8.19. The second kappa shape index (κ2) is 11.2. The van der Waals surface area contributed by atoms with E-state index in [1.165, 1.54) is 7.11 Å². The summed E-state index contributed by atoms with van der Waals surface area (Å²) in [4.78, 5) is 11.9. The van der Waals surface area contributed by atoms with Gasteiger partial charge in [0.15, 0.2) is 0 Å². The molecule has 3 N–H and O–H groups in total. The molecule has 0 saturated heterocycles. The van der Waals surface area contributed by atoms with Crippen LogP contribution in [0.15, 0.2) is 42.5 Å². The molecule has 37 heavy (non-hydrogen) atoms. The number of aliphatic hydroxyl groups is 1. The molecule has 0 spiro atoms. The highest BCUT2D eigenvalue weighted by molar-refractivity contribution is 5.76. The van der Waals surface area contributed by atoms with Gasteiger partial charge in [-0.15, -0.1) is 0 Å². The fraction of sp³-hybridized carbons (Fsp3) is 0.435. The molecule has 0 heterocycles. The van der Waals surface area contributed by atoms with Crippen LogP contribution in [0.3, 0.4) is 0 Å². The molecule has 2 aromatic carbocycles. The zero-order valence-corrected chi connectivity index (χ0v) is 19.4. The van der Waals surface area contributed by atoms with Gasteiger partial charge in [0.1, 0.15) is 0 Å². The van der Waals surface area contributed by atoms with Crippen LogP contribution in [-0.4, -0.2) is 36.9 Å². The standard InChI is InChI=1S/C23H23F9N2O3/c1-13(37-2)8-19(35)33-11-14-6-7-17(10-18(14)22(27,28)29)34-12-20(36,23(30,31)32)15-4-3-5-16(9-15)21(24,25)26/h3-7,9-10,13,34,36H,8,11-12H2,1-2H3,(H,33,35)/t13-,20+/m0/s1. The number of rotatable bonds is 9. The lowest BCUT2D eigenvalue weighted by atomic mass is 9.91. The number of carbonyl (C=O) groups is 1. The van der Waals surface area contributed by atoms with Gasteiger partial charge in [0.05, 0.1) is 30.2 Å². The van der Waals surface area contributed by atoms with Gasteiger partial charge in [-0.3, -0.25) is 4.79 Å². The van der Waals surface area contributed by atoms with Crippen LogP contribution in [0.25, 0.3) is 0 Å². The lowest BCUT2D eigenvalue weighted by Crippen LogP contribution is -2.48. The number of amides is 1. The zero-order valence-electron chi connectivity index (χ0n) is 19.4. The van der Waals surface area contributed by atoms with Gasteiger partial charge < -0.3 is 20.5 Å². The number of hydrogen-bond acceptors (Lipinski definition) is 4. The second-order valence-corrected chi connectivity index (χ2v) is 8.19. The Balaban J connectivity index is 2.32. The Hall–Kier alpha value is -3.00. The van der Waals surface area contributed by atoms with E-state index in [4.69, 9.17) is 4.74 Å². The third kappa shape index (κ3) is 7.74. The van der Waals surface area contributed by atoms with E-state index in [9.17, 15) is 49.4 Å². The van der Waals surface area contributed by atoms with Gasteiger partial charge in [0, 0.05) is 19.3 Å². The SMILES string of the molecule is CO[C@@H](C)CC(=O)NCc1ccc(NC[C@@](O)(c2cccc(C(F)(F)F)c2)C(F)(F)F)cc1C(F)(F)F. The maximum Gasteiger partial charge on any atom is 0.423 e.